The van der Waals surface area contributed by atoms with E-state index in [9.17, 15) is 0 Å². The van der Waals surface area contributed by atoms with Crippen LogP contribution in [0.1, 0.15) is 37.9 Å². The number of rotatable bonds is 4. The molecule has 0 bridgehead atoms. The number of piperazine rings is 1. The number of hydrogen-bond donors (Lipinski definition) is 1. The lowest BCUT2D eigenvalue weighted by molar-refractivity contribution is 0.147. The Kier molecular flexibility index (Phi) is 4.73. The molecule has 0 aromatic carbocycles. The second-order valence-corrected chi connectivity index (χ2v) is 6.46. The minimum atomic E-state index is 0.727. The molecule has 4 heteroatoms. The van der Waals surface area contributed by atoms with Crippen LogP contribution in [0.4, 0.5) is 0 Å². The van der Waals surface area contributed by atoms with Gasteiger partial charge in [-0.25, -0.2) is 4.98 Å². The highest BCUT2D eigenvalue weighted by Crippen LogP contribution is 2.27. The van der Waals surface area contributed by atoms with E-state index < -0.39 is 0 Å². The molecule has 1 aliphatic heterocycles. The second-order valence-electron chi connectivity index (χ2n) is 6.46. The van der Waals surface area contributed by atoms with Gasteiger partial charge in [0.05, 0.1) is 0 Å². The molecule has 1 N–H and O–H groups in total. The van der Waals surface area contributed by atoms with Gasteiger partial charge in [-0.15, -0.1) is 0 Å². The first-order valence-corrected chi connectivity index (χ1v) is 8.25. The lowest BCUT2D eigenvalue weighted by atomic mass is 9.83. The van der Waals surface area contributed by atoms with Crippen molar-refractivity contribution in [3.05, 3.63) is 18.2 Å². The minimum absolute atomic E-state index is 0.727. The number of nitrogens with one attached hydrogen (secondary N) is 1. The van der Waals surface area contributed by atoms with E-state index in [0.29, 0.717) is 0 Å². The van der Waals surface area contributed by atoms with Crippen LogP contribution in [-0.4, -0.2) is 46.7 Å². The van der Waals surface area contributed by atoms with Crippen molar-refractivity contribution in [2.24, 2.45) is 13.0 Å². The molecule has 2 fully saturated rings. The Morgan fingerprint density at radius 3 is 2.90 bits per heavy atom. The molecule has 3 rings (SSSR count). The second kappa shape index (κ2) is 6.72. The van der Waals surface area contributed by atoms with Crippen LogP contribution in [0.15, 0.2) is 12.4 Å². The zero-order chi connectivity index (χ0) is 13.8. The van der Waals surface area contributed by atoms with Gasteiger partial charge in [-0.3, -0.25) is 0 Å². The summed E-state index contributed by atoms with van der Waals surface area (Å²) in [7, 11) is 2.09. The van der Waals surface area contributed by atoms with Crippen LogP contribution in [-0.2, 0) is 13.5 Å². The molecule has 1 aromatic heterocycles. The summed E-state index contributed by atoms with van der Waals surface area (Å²) in [5.74, 6) is 2.12. The topological polar surface area (TPSA) is 33.1 Å². The van der Waals surface area contributed by atoms with E-state index in [0.717, 1.165) is 31.5 Å². The first-order chi connectivity index (χ1) is 9.83. The number of imidazole rings is 1. The van der Waals surface area contributed by atoms with E-state index in [4.69, 9.17) is 0 Å². The largest absolute Gasteiger partial charge is 0.338 e. The van der Waals surface area contributed by atoms with Gasteiger partial charge in [-0.2, -0.15) is 0 Å². The van der Waals surface area contributed by atoms with Gasteiger partial charge in [0, 0.05) is 58.1 Å². The quantitative estimate of drug-likeness (QED) is 0.910. The van der Waals surface area contributed by atoms with Crippen molar-refractivity contribution >= 4 is 0 Å². The standard InChI is InChI=1S/C16H28N4/c1-19-11-8-18-16(19)7-10-20-12-9-17-15(13-20)14-5-3-2-4-6-14/h8,11,14-15,17H,2-7,9-10,12-13H2,1H3. The highest BCUT2D eigenvalue weighted by atomic mass is 15.2. The summed E-state index contributed by atoms with van der Waals surface area (Å²) in [5, 5.41) is 3.76. The van der Waals surface area contributed by atoms with Gasteiger partial charge in [0.25, 0.3) is 0 Å². The summed E-state index contributed by atoms with van der Waals surface area (Å²) in [6, 6.07) is 0.727. The number of aromatic nitrogens is 2. The van der Waals surface area contributed by atoms with Crippen molar-refractivity contribution in [3.8, 4) is 0 Å². The molecule has 1 unspecified atom stereocenters. The molecule has 0 radical (unpaired) electrons. The molecule has 1 saturated heterocycles. The molecule has 1 aromatic rings. The smallest absolute Gasteiger partial charge is 0.109 e. The molecule has 4 nitrogen and oxygen atoms in total. The van der Waals surface area contributed by atoms with E-state index in [2.05, 4.69) is 26.8 Å². The van der Waals surface area contributed by atoms with Crippen molar-refractivity contribution < 1.29 is 0 Å². The van der Waals surface area contributed by atoms with Gasteiger partial charge in [0.2, 0.25) is 0 Å². The Bertz CT molecular complexity index is 408. The van der Waals surface area contributed by atoms with Crippen molar-refractivity contribution in [2.45, 2.75) is 44.6 Å². The van der Waals surface area contributed by atoms with Gasteiger partial charge < -0.3 is 14.8 Å². The summed E-state index contributed by atoms with van der Waals surface area (Å²) in [6.45, 7) is 4.72. The van der Waals surface area contributed by atoms with Gasteiger partial charge in [-0.1, -0.05) is 19.3 Å². The highest BCUT2D eigenvalue weighted by Gasteiger charge is 2.27. The zero-order valence-electron chi connectivity index (χ0n) is 12.7. The molecule has 1 atom stereocenters. The molecular formula is C16H28N4. The average Bonchev–Trinajstić information content (AvgIpc) is 2.92. The van der Waals surface area contributed by atoms with Crippen LogP contribution >= 0.6 is 0 Å². The zero-order valence-corrected chi connectivity index (χ0v) is 12.7. The molecule has 0 amide bonds. The minimum Gasteiger partial charge on any atom is -0.338 e. The molecular weight excluding hydrogens is 248 g/mol. The summed E-state index contributed by atoms with van der Waals surface area (Å²) < 4.78 is 2.14. The Labute approximate surface area is 122 Å². The Morgan fingerprint density at radius 2 is 2.15 bits per heavy atom. The van der Waals surface area contributed by atoms with Crippen molar-refractivity contribution in [1.29, 1.82) is 0 Å². The third-order valence-electron chi connectivity index (χ3n) is 5.08. The summed E-state index contributed by atoms with van der Waals surface area (Å²) in [5.41, 5.74) is 0. The van der Waals surface area contributed by atoms with Crippen molar-refractivity contribution in [2.75, 3.05) is 26.2 Å². The fraction of sp³-hybridized carbons (Fsp3) is 0.812. The number of hydrogen-bond acceptors (Lipinski definition) is 3. The van der Waals surface area contributed by atoms with Crippen LogP contribution in [0.5, 0.6) is 0 Å². The predicted octanol–water partition coefficient (Wildman–Crippen LogP) is 1.82. The van der Waals surface area contributed by atoms with Gasteiger partial charge in [0.15, 0.2) is 0 Å². The van der Waals surface area contributed by atoms with E-state index in [1.807, 2.05) is 12.4 Å². The van der Waals surface area contributed by atoms with E-state index in [-0.39, 0.29) is 0 Å². The highest BCUT2D eigenvalue weighted by molar-refractivity contribution is 4.93. The van der Waals surface area contributed by atoms with Gasteiger partial charge in [0.1, 0.15) is 5.82 Å². The van der Waals surface area contributed by atoms with Crippen molar-refractivity contribution in [1.82, 2.24) is 19.8 Å². The van der Waals surface area contributed by atoms with Crippen molar-refractivity contribution in [3.63, 3.8) is 0 Å². The van der Waals surface area contributed by atoms with Gasteiger partial charge >= 0.3 is 0 Å². The Balaban J connectivity index is 1.49. The first-order valence-electron chi connectivity index (χ1n) is 8.25. The molecule has 1 aliphatic carbocycles. The molecule has 112 valence electrons. The number of aryl methyl sites for hydroxylation is 1. The average molecular weight is 276 g/mol. The molecule has 2 heterocycles. The molecule has 0 spiro atoms. The monoisotopic (exact) mass is 276 g/mol. The lowest BCUT2D eigenvalue weighted by Crippen LogP contribution is -2.54. The lowest BCUT2D eigenvalue weighted by Gasteiger charge is -2.39. The SMILES string of the molecule is Cn1ccnc1CCN1CCNC(C2CCCCC2)C1. The maximum atomic E-state index is 4.43. The summed E-state index contributed by atoms with van der Waals surface area (Å²) in [6.07, 6.45) is 12.2. The van der Waals surface area contributed by atoms with E-state index in [1.165, 1.54) is 51.0 Å². The summed E-state index contributed by atoms with van der Waals surface area (Å²) >= 11 is 0. The van der Waals surface area contributed by atoms with Gasteiger partial charge in [-0.05, 0) is 18.8 Å². The normalized spacial score (nSPS) is 25.9. The summed E-state index contributed by atoms with van der Waals surface area (Å²) in [4.78, 5) is 7.06. The molecule has 1 saturated carbocycles. The predicted molar refractivity (Wildman–Crippen MR) is 81.7 cm³/mol. The van der Waals surface area contributed by atoms with Crippen LogP contribution < -0.4 is 5.32 Å². The van der Waals surface area contributed by atoms with E-state index in [1.54, 1.807) is 0 Å². The fourth-order valence-electron chi connectivity index (χ4n) is 3.79. The van der Waals surface area contributed by atoms with Crippen LogP contribution in [0.3, 0.4) is 0 Å². The maximum absolute atomic E-state index is 4.43. The Morgan fingerprint density at radius 1 is 1.30 bits per heavy atom. The third kappa shape index (κ3) is 3.41. The van der Waals surface area contributed by atoms with Crippen LogP contribution in [0, 0.1) is 5.92 Å². The van der Waals surface area contributed by atoms with Crippen LogP contribution in [0.25, 0.3) is 0 Å². The first kappa shape index (κ1) is 14.1. The molecule has 2 aliphatic rings. The molecule has 20 heavy (non-hydrogen) atoms. The third-order valence-corrected chi connectivity index (χ3v) is 5.08. The Hall–Kier alpha value is -0.870. The van der Waals surface area contributed by atoms with E-state index >= 15 is 0 Å². The van der Waals surface area contributed by atoms with Crippen LogP contribution in [0.2, 0.25) is 0 Å². The maximum Gasteiger partial charge on any atom is 0.109 e. The number of nitrogens with zero attached hydrogens (tertiary/aromatic N) is 3. The fourth-order valence-corrected chi connectivity index (χ4v) is 3.79.